The van der Waals surface area contributed by atoms with Gasteiger partial charge in [0.05, 0.1) is 6.54 Å². The van der Waals surface area contributed by atoms with E-state index in [4.69, 9.17) is 16.3 Å². The van der Waals surface area contributed by atoms with E-state index in [0.717, 1.165) is 31.7 Å². The summed E-state index contributed by atoms with van der Waals surface area (Å²) in [6, 6.07) is 12.9. The number of amides is 1. The second-order valence-corrected chi connectivity index (χ2v) is 9.57. The fourth-order valence-corrected chi connectivity index (χ4v) is 4.02. The number of nitrogens with one attached hydrogen (secondary N) is 1. The highest BCUT2D eigenvalue weighted by molar-refractivity contribution is 6.31. The first-order valence-electron chi connectivity index (χ1n) is 10.9. The third kappa shape index (κ3) is 6.68. The van der Waals surface area contributed by atoms with Gasteiger partial charge >= 0.3 is 0 Å². The Bertz CT molecular complexity index is 852. The van der Waals surface area contributed by atoms with Crippen molar-refractivity contribution in [3.8, 4) is 5.75 Å². The van der Waals surface area contributed by atoms with Crippen LogP contribution in [0.5, 0.6) is 5.75 Å². The van der Waals surface area contributed by atoms with E-state index in [-0.39, 0.29) is 23.1 Å². The van der Waals surface area contributed by atoms with Gasteiger partial charge in [0.2, 0.25) is 5.91 Å². The molecule has 0 spiro atoms. The van der Waals surface area contributed by atoms with Gasteiger partial charge in [0.15, 0.2) is 0 Å². The smallest absolute Gasteiger partial charge is 0.223 e. The van der Waals surface area contributed by atoms with Crippen molar-refractivity contribution < 1.29 is 13.9 Å². The van der Waals surface area contributed by atoms with Crippen LogP contribution in [0.1, 0.15) is 44.7 Å². The van der Waals surface area contributed by atoms with Crippen molar-refractivity contribution in [2.45, 2.75) is 45.6 Å². The molecule has 0 saturated carbocycles. The van der Waals surface area contributed by atoms with Crippen LogP contribution in [-0.2, 0) is 16.8 Å². The molecule has 0 unspecified atom stereocenters. The summed E-state index contributed by atoms with van der Waals surface area (Å²) in [5, 5.41) is 3.43. The highest BCUT2D eigenvalue weighted by atomic mass is 35.5. The first kappa shape index (κ1) is 23.6. The molecule has 2 aromatic carbocycles. The average molecular weight is 447 g/mol. The molecule has 1 N–H and O–H groups in total. The minimum atomic E-state index is -0.277. The molecule has 1 fully saturated rings. The van der Waals surface area contributed by atoms with Crippen LogP contribution in [0.2, 0.25) is 5.02 Å². The Hall–Kier alpha value is -2.11. The zero-order valence-electron chi connectivity index (χ0n) is 18.6. The Morgan fingerprint density at radius 1 is 1.16 bits per heavy atom. The predicted molar refractivity (Wildman–Crippen MR) is 123 cm³/mol. The van der Waals surface area contributed by atoms with Crippen molar-refractivity contribution in [1.82, 2.24) is 10.2 Å². The lowest BCUT2D eigenvalue weighted by Gasteiger charge is -2.31. The summed E-state index contributed by atoms with van der Waals surface area (Å²) in [5.74, 6) is 0.580. The van der Waals surface area contributed by atoms with E-state index in [1.54, 1.807) is 12.1 Å². The maximum atomic E-state index is 14.0. The van der Waals surface area contributed by atoms with Gasteiger partial charge in [-0.15, -0.1) is 0 Å². The maximum Gasteiger partial charge on any atom is 0.223 e. The molecule has 168 valence electrons. The number of rotatable bonds is 7. The van der Waals surface area contributed by atoms with Crippen LogP contribution < -0.4 is 10.1 Å². The Morgan fingerprint density at radius 2 is 1.84 bits per heavy atom. The normalized spacial score (nSPS) is 15.6. The molecule has 31 heavy (non-hydrogen) atoms. The molecule has 0 atom stereocenters. The molecule has 1 aliphatic rings. The maximum absolute atomic E-state index is 14.0. The number of halogens is 2. The van der Waals surface area contributed by atoms with E-state index in [9.17, 15) is 9.18 Å². The van der Waals surface area contributed by atoms with Crippen molar-refractivity contribution in [3.05, 3.63) is 64.4 Å². The summed E-state index contributed by atoms with van der Waals surface area (Å²) in [6.07, 6.45) is 1.51. The molecule has 0 aliphatic carbocycles. The summed E-state index contributed by atoms with van der Waals surface area (Å²) in [7, 11) is 0. The average Bonchev–Trinajstić information content (AvgIpc) is 2.74. The minimum Gasteiger partial charge on any atom is -0.492 e. The molecule has 1 amide bonds. The van der Waals surface area contributed by atoms with Gasteiger partial charge in [0, 0.05) is 23.0 Å². The lowest BCUT2D eigenvalue weighted by molar-refractivity contribution is -0.126. The van der Waals surface area contributed by atoms with Crippen LogP contribution in [0.15, 0.2) is 42.5 Å². The molecule has 0 radical (unpaired) electrons. The number of hydrogen-bond donors (Lipinski definition) is 1. The van der Waals surface area contributed by atoms with Gasteiger partial charge in [-0.1, -0.05) is 50.6 Å². The molecule has 6 heteroatoms. The summed E-state index contributed by atoms with van der Waals surface area (Å²) in [6.45, 7) is 9.42. The minimum absolute atomic E-state index is 0.0154. The van der Waals surface area contributed by atoms with Gasteiger partial charge in [-0.05, 0) is 61.2 Å². The van der Waals surface area contributed by atoms with Gasteiger partial charge in [0.25, 0.3) is 0 Å². The van der Waals surface area contributed by atoms with Gasteiger partial charge in [-0.2, -0.15) is 0 Å². The zero-order valence-corrected chi connectivity index (χ0v) is 19.3. The van der Waals surface area contributed by atoms with Crippen LogP contribution in [0, 0.1) is 11.7 Å². The molecule has 2 aromatic rings. The Kier molecular flexibility index (Phi) is 7.95. The predicted octanol–water partition coefficient (Wildman–Crippen LogP) is 5.18. The third-order valence-electron chi connectivity index (χ3n) is 5.79. The van der Waals surface area contributed by atoms with E-state index in [2.05, 4.69) is 43.1 Å². The summed E-state index contributed by atoms with van der Waals surface area (Å²) < 4.78 is 19.7. The van der Waals surface area contributed by atoms with Crippen LogP contribution in [-0.4, -0.2) is 37.0 Å². The first-order chi connectivity index (χ1) is 14.7. The van der Waals surface area contributed by atoms with Gasteiger partial charge in [-0.3, -0.25) is 9.69 Å². The first-order valence-corrected chi connectivity index (χ1v) is 11.3. The number of likely N-dealkylation sites (tertiary alicyclic amines) is 1. The Morgan fingerprint density at radius 3 is 2.45 bits per heavy atom. The molecule has 1 saturated heterocycles. The number of hydrogen-bond acceptors (Lipinski definition) is 3. The number of ether oxygens (including phenoxy) is 1. The summed E-state index contributed by atoms with van der Waals surface area (Å²) in [5.41, 5.74) is 1.90. The molecule has 0 aromatic heterocycles. The van der Waals surface area contributed by atoms with Crippen LogP contribution >= 0.6 is 11.6 Å². The molecule has 1 heterocycles. The standard InChI is InChI=1S/C25H32ClFN2O2/c1-25(2,3)19-7-9-20(10-8-19)31-16-13-28-24(30)18-11-14-29(15-12-18)17-21-22(26)5-4-6-23(21)27/h4-10,18H,11-17H2,1-3H3,(H,28,30). The van der Waals surface area contributed by atoms with Crippen LogP contribution in [0.25, 0.3) is 0 Å². The number of carbonyl (C=O) groups excluding carboxylic acids is 1. The molecule has 3 rings (SSSR count). The highest BCUT2D eigenvalue weighted by Gasteiger charge is 2.25. The van der Waals surface area contributed by atoms with Gasteiger partial charge in [-0.25, -0.2) is 4.39 Å². The molecular weight excluding hydrogens is 415 g/mol. The lowest BCUT2D eigenvalue weighted by atomic mass is 9.87. The van der Waals surface area contributed by atoms with Crippen molar-refractivity contribution in [1.29, 1.82) is 0 Å². The molecular formula is C25H32ClFN2O2. The van der Waals surface area contributed by atoms with E-state index < -0.39 is 0 Å². The fraction of sp³-hybridized carbons (Fsp3) is 0.480. The highest BCUT2D eigenvalue weighted by Crippen LogP contribution is 2.25. The number of benzene rings is 2. The summed E-state index contributed by atoms with van der Waals surface area (Å²) in [4.78, 5) is 14.6. The third-order valence-corrected chi connectivity index (χ3v) is 6.15. The van der Waals surface area contributed by atoms with Crippen molar-refractivity contribution in [3.63, 3.8) is 0 Å². The van der Waals surface area contributed by atoms with Crippen molar-refractivity contribution in [2.24, 2.45) is 5.92 Å². The number of carbonyl (C=O) groups is 1. The summed E-state index contributed by atoms with van der Waals surface area (Å²) >= 11 is 6.13. The SMILES string of the molecule is CC(C)(C)c1ccc(OCCNC(=O)C2CCN(Cc3c(F)cccc3Cl)CC2)cc1. The quantitative estimate of drug-likeness (QED) is 0.595. The monoisotopic (exact) mass is 446 g/mol. The van der Waals surface area contributed by atoms with E-state index >= 15 is 0 Å². The van der Waals surface area contributed by atoms with Crippen molar-refractivity contribution >= 4 is 17.5 Å². The Balaban J connectivity index is 1.36. The second kappa shape index (κ2) is 10.5. The number of nitrogens with zero attached hydrogens (tertiary/aromatic N) is 1. The van der Waals surface area contributed by atoms with Crippen molar-refractivity contribution in [2.75, 3.05) is 26.2 Å². The Labute approximate surface area is 189 Å². The fourth-order valence-electron chi connectivity index (χ4n) is 3.80. The molecule has 4 nitrogen and oxygen atoms in total. The zero-order chi connectivity index (χ0) is 22.4. The second-order valence-electron chi connectivity index (χ2n) is 9.16. The number of piperidine rings is 1. The van der Waals surface area contributed by atoms with Crippen LogP contribution in [0.4, 0.5) is 4.39 Å². The van der Waals surface area contributed by atoms with E-state index in [0.29, 0.717) is 30.3 Å². The molecule has 0 bridgehead atoms. The largest absolute Gasteiger partial charge is 0.492 e. The lowest BCUT2D eigenvalue weighted by Crippen LogP contribution is -2.41. The topological polar surface area (TPSA) is 41.6 Å². The van der Waals surface area contributed by atoms with E-state index in [1.807, 2.05) is 12.1 Å². The molecule has 1 aliphatic heterocycles. The van der Waals surface area contributed by atoms with E-state index in [1.165, 1.54) is 11.6 Å². The van der Waals surface area contributed by atoms with Gasteiger partial charge in [0.1, 0.15) is 18.2 Å². The van der Waals surface area contributed by atoms with Crippen LogP contribution in [0.3, 0.4) is 0 Å². The van der Waals surface area contributed by atoms with Gasteiger partial charge < -0.3 is 10.1 Å².